The summed E-state index contributed by atoms with van der Waals surface area (Å²) in [6.07, 6.45) is 5.35. The van der Waals surface area contributed by atoms with Crippen molar-refractivity contribution in [2.24, 2.45) is 5.92 Å². The lowest BCUT2D eigenvalue weighted by molar-refractivity contribution is -0.131. The second-order valence-corrected chi connectivity index (χ2v) is 9.04. The Balaban J connectivity index is 1.76. The van der Waals surface area contributed by atoms with Crippen molar-refractivity contribution in [3.05, 3.63) is 35.5 Å². The van der Waals surface area contributed by atoms with Crippen LogP contribution < -0.4 is 0 Å². The number of thioether (sulfide) groups is 1. The van der Waals surface area contributed by atoms with E-state index in [1.807, 2.05) is 35.4 Å². The lowest BCUT2D eigenvalue weighted by Crippen LogP contribution is -2.43. The van der Waals surface area contributed by atoms with Gasteiger partial charge in [0.1, 0.15) is 0 Å². The summed E-state index contributed by atoms with van der Waals surface area (Å²) in [5, 5.41) is 1.64. The van der Waals surface area contributed by atoms with Crippen LogP contribution in [0.5, 0.6) is 0 Å². The van der Waals surface area contributed by atoms with Crippen LogP contribution in [0.1, 0.15) is 40.0 Å². The molecule has 1 saturated heterocycles. The standard InChI is InChI=1S/C21H28ClN3OS/c1-15(2)13-25-19(17-7-9-18(22)10-8-17)12-23-21(25)27-14-20(26)24-11-5-4-6-16(24)3/h7-10,12,15-16H,4-6,11,13-14H2,1-3H3/t16-/m0/s1. The van der Waals surface area contributed by atoms with E-state index < -0.39 is 0 Å². The van der Waals surface area contributed by atoms with E-state index in [0.717, 1.165) is 47.4 Å². The predicted molar refractivity (Wildman–Crippen MR) is 113 cm³/mol. The molecule has 4 nitrogen and oxygen atoms in total. The average Bonchev–Trinajstić information content (AvgIpc) is 3.02. The number of piperidine rings is 1. The van der Waals surface area contributed by atoms with Gasteiger partial charge in [-0.1, -0.05) is 49.3 Å². The molecule has 1 amide bonds. The van der Waals surface area contributed by atoms with Crippen LogP contribution in [-0.4, -0.2) is 38.7 Å². The van der Waals surface area contributed by atoms with Gasteiger partial charge in [-0.3, -0.25) is 4.79 Å². The van der Waals surface area contributed by atoms with Crippen LogP contribution in [0.4, 0.5) is 0 Å². The lowest BCUT2D eigenvalue weighted by atomic mass is 10.0. The number of rotatable bonds is 6. The Hall–Kier alpha value is -1.46. The van der Waals surface area contributed by atoms with E-state index in [4.69, 9.17) is 11.6 Å². The van der Waals surface area contributed by atoms with Crippen LogP contribution in [0.25, 0.3) is 11.3 Å². The number of aromatic nitrogens is 2. The quantitative estimate of drug-likeness (QED) is 0.607. The van der Waals surface area contributed by atoms with Gasteiger partial charge >= 0.3 is 0 Å². The fourth-order valence-corrected chi connectivity index (χ4v) is 4.54. The maximum atomic E-state index is 12.7. The van der Waals surface area contributed by atoms with Crippen LogP contribution >= 0.6 is 23.4 Å². The number of hydrogen-bond acceptors (Lipinski definition) is 3. The first kappa shape index (κ1) is 20.3. The zero-order valence-corrected chi connectivity index (χ0v) is 17.9. The average molecular weight is 406 g/mol. The smallest absolute Gasteiger partial charge is 0.233 e. The second-order valence-electron chi connectivity index (χ2n) is 7.66. The molecule has 2 heterocycles. The third-order valence-corrected chi connectivity index (χ3v) is 6.18. The summed E-state index contributed by atoms with van der Waals surface area (Å²) in [4.78, 5) is 19.3. The molecule has 146 valence electrons. The first-order chi connectivity index (χ1) is 13.0. The number of nitrogens with zero attached hydrogens (tertiary/aromatic N) is 3. The maximum absolute atomic E-state index is 12.7. The third-order valence-electron chi connectivity index (χ3n) is 4.95. The van der Waals surface area contributed by atoms with Crippen LogP contribution in [0.3, 0.4) is 0 Å². The molecule has 0 aliphatic carbocycles. The minimum Gasteiger partial charge on any atom is -0.339 e. The minimum atomic E-state index is 0.222. The van der Waals surface area contributed by atoms with E-state index in [1.165, 1.54) is 6.42 Å². The molecule has 1 aromatic carbocycles. The Morgan fingerprint density at radius 1 is 1.30 bits per heavy atom. The molecule has 1 aliphatic heterocycles. The zero-order chi connectivity index (χ0) is 19.4. The predicted octanol–water partition coefficient (Wildman–Crippen LogP) is 5.35. The molecule has 2 aromatic rings. The highest BCUT2D eigenvalue weighted by Gasteiger charge is 2.24. The van der Waals surface area contributed by atoms with Gasteiger partial charge in [0.2, 0.25) is 5.91 Å². The summed E-state index contributed by atoms with van der Waals surface area (Å²) >= 11 is 7.58. The van der Waals surface area contributed by atoms with Crippen LogP contribution in [0.2, 0.25) is 5.02 Å². The highest BCUT2D eigenvalue weighted by Crippen LogP contribution is 2.29. The Bertz CT molecular complexity index is 772. The Morgan fingerprint density at radius 2 is 2.04 bits per heavy atom. The molecule has 0 radical (unpaired) electrons. The van der Waals surface area contributed by atoms with Gasteiger partial charge in [-0.05, 0) is 49.8 Å². The van der Waals surface area contributed by atoms with Gasteiger partial charge in [-0.2, -0.15) is 0 Å². The molecular formula is C21H28ClN3OS. The van der Waals surface area contributed by atoms with Crippen LogP contribution in [0.15, 0.2) is 35.6 Å². The van der Waals surface area contributed by atoms with E-state index in [9.17, 15) is 4.79 Å². The molecule has 3 rings (SSSR count). The number of hydrogen-bond donors (Lipinski definition) is 0. The van der Waals surface area contributed by atoms with Gasteiger partial charge in [0.25, 0.3) is 0 Å². The number of imidazole rings is 1. The van der Waals surface area contributed by atoms with E-state index in [1.54, 1.807) is 11.8 Å². The highest BCUT2D eigenvalue weighted by atomic mass is 35.5. The van der Waals surface area contributed by atoms with Gasteiger partial charge in [-0.15, -0.1) is 0 Å². The number of carbonyl (C=O) groups excluding carboxylic acids is 1. The molecule has 0 bridgehead atoms. The fraction of sp³-hybridized carbons (Fsp3) is 0.524. The number of carbonyl (C=O) groups is 1. The Morgan fingerprint density at radius 3 is 2.70 bits per heavy atom. The maximum Gasteiger partial charge on any atom is 0.233 e. The van der Waals surface area contributed by atoms with Gasteiger partial charge in [-0.25, -0.2) is 4.98 Å². The summed E-state index contributed by atoms with van der Waals surface area (Å²) in [6.45, 7) is 8.30. The molecule has 1 fully saturated rings. The van der Waals surface area contributed by atoms with Gasteiger partial charge in [0, 0.05) is 24.2 Å². The molecule has 1 aliphatic rings. The van der Waals surface area contributed by atoms with E-state index in [-0.39, 0.29) is 5.91 Å². The Labute approximate surface area is 171 Å². The van der Waals surface area contributed by atoms with Crippen molar-refractivity contribution in [3.8, 4) is 11.3 Å². The molecule has 1 atom stereocenters. The van der Waals surface area contributed by atoms with Gasteiger partial charge < -0.3 is 9.47 Å². The highest BCUT2D eigenvalue weighted by molar-refractivity contribution is 7.99. The van der Waals surface area contributed by atoms with Crippen molar-refractivity contribution >= 4 is 29.3 Å². The SMILES string of the molecule is CC(C)Cn1c(-c2ccc(Cl)cc2)cnc1SCC(=O)N1CCCC[C@@H]1C. The van der Waals surface area contributed by atoms with Gasteiger partial charge in [0.05, 0.1) is 17.6 Å². The summed E-state index contributed by atoms with van der Waals surface area (Å²) in [5.41, 5.74) is 2.16. The van der Waals surface area contributed by atoms with E-state index >= 15 is 0 Å². The summed E-state index contributed by atoms with van der Waals surface area (Å²) in [6, 6.07) is 8.19. The number of likely N-dealkylation sites (tertiary alicyclic amines) is 1. The van der Waals surface area contributed by atoms with Crippen molar-refractivity contribution < 1.29 is 4.79 Å². The fourth-order valence-electron chi connectivity index (χ4n) is 3.54. The summed E-state index contributed by atoms with van der Waals surface area (Å²) < 4.78 is 2.23. The van der Waals surface area contributed by atoms with E-state index in [0.29, 0.717) is 17.7 Å². The number of amides is 1. The molecule has 0 unspecified atom stereocenters. The molecular weight excluding hydrogens is 378 g/mol. The topological polar surface area (TPSA) is 38.1 Å². The second kappa shape index (κ2) is 9.16. The minimum absolute atomic E-state index is 0.222. The zero-order valence-electron chi connectivity index (χ0n) is 16.3. The molecule has 1 aromatic heterocycles. The Kier molecular flexibility index (Phi) is 6.88. The largest absolute Gasteiger partial charge is 0.339 e. The van der Waals surface area contributed by atoms with Crippen molar-refractivity contribution in [2.45, 2.75) is 57.8 Å². The van der Waals surface area contributed by atoms with Crippen LogP contribution in [-0.2, 0) is 11.3 Å². The molecule has 27 heavy (non-hydrogen) atoms. The van der Waals surface area contributed by atoms with Gasteiger partial charge in [0.15, 0.2) is 5.16 Å². The third kappa shape index (κ3) is 5.08. The molecule has 0 N–H and O–H groups in total. The number of benzene rings is 1. The monoisotopic (exact) mass is 405 g/mol. The molecule has 6 heteroatoms. The van der Waals surface area contributed by atoms with E-state index in [2.05, 4.69) is 30.3 Å². The van der Waals surface area contributed by atoms with Crippen molar-refractivity contribution in [1.82, 2.24) is 14.5 Å². The first-order valence-corrected chi connectivity index (χ1v) is 11.1. The normalized spacial score (nSPS) is 17.5. The number of halogens is 1. The lowest BCUT2D eigenvalue weighted by Gasteiger charge is -2.33. The van der Waals surface area contributed by atoms with Crippen molar-refractivity contribution in [1.29, 1.82) is 0 Å². The van der Waals surface area contributed by atoms with Crippen molar-refractivity contribution in [3.63, 3.8) is 0 Å². The van der Waals surface area contributed by atoms with Crippen LogP contribution in [0, 0.1) is 5.92 Å². The molecule has 0 spiro atoms. The molecule has 0 saturated carbocycles. The van der Waals surface area contributed by atoms with Crippen molar-refractivity contribution in [2.75, 3.05) is 12.3 Å². The summed E-state index contributed by atoms with van der Waals surface area (Å²) in [7, 11) is 0. The summed E-state index contributed by atoms with van der Waals surface area (Å²) in [5.74, 6) is 1.15. The first-order valence-electron chi connectivity index (χ1n) is 9.69.